The summed E-state index contributed by atoms with van der Waals surface area (Å²) < 4.78 is 15.2. The molecule has 0 saturated heterocycles. The average molecular weight is 296 g/mol. The van der Waals surface area contributed by atoms with Crippen LogP contribution in [0.25, 0.3) is 0 Å². The second-order valence-electron chi connectivity index (χ2n) is 4.83. The van der Waals surface area contributed by atoms with Crippen LogP contribution in [0.5, 0.6) is 0 Å². The van der Waals surface area contributed by atoms with Crippen molar-refractivity contribution in [3.8, 4) is 0 Å². The number of nitrogens with zero attached hydrogens (tertiary/aromatic N) is 4. The second-order valence-corrected chi connectivity index (χ2v) is 5.24. The number of halogens is 2. The van der Waals surface area contributed by atoms with Crippen molar-refractivity contribution < 1.29 is 4.39 Å². The van der Waals surface area contributed by atoms with E-state index in [1.807, 2.05) is 4.57 Å². The minimum Gasteiger partial charge on any atom is -0.329 e. The largest absolute Gasteiger partial charge is 0.329 e. The summed E-state index contributed by atoms with van der Waals surface area (Å²) in [7, 11) is 0. The van der Waals surface area contributed by atoms with Crippen molar-refractivity contribution in [3.63, 3.8) is 0 Å². The highest BCUT2D eigenvalue weighted by Gasteiger charge is 2.26. The standard InChI is InChI=1S/C13H15ClFN5/c14-11-5-9(15)1-2-10(11)12(6-16)19-3-4-20-8-17-18-13(20)7-19/h1-2,5,8,12H,3-4,6-7,16H2. The number of aromatic nitrogens is 3. The van der Waals surface area contributed by atoms with E-state index in [1.165, 1.54) is 12.1 Å². The van der Waals surface area contributed by atoms with Crippen LogP contribution in [0.2, 0.25) is 5.02 Å². The van der Waals surface area contributed by atoms with Crippen molar-refractivity contribution in [3.05, 3.63) is 46.8 Å². The Morgan fingerprint density at radius 1 is 1.40 bits per heavy atom. The lowest BCUT2D eigenvalue weighted by Gasteiger charge is -2.34. The summed E-state index contributed by atoms with van der Waals surface area (Å²) in [6, 6.07) is 4.39. The smallest absolute Gasteiger partial charge is 0.147 e. The van der Waals surface area contributed by atoms with Gasteiger partial charge in [-0.15, -0.1) is 10.2 Å². The molecule has 5 nitrogen and oxygen atoms in total. The molecule has 2 heterocycles. The first-order valence-corrected chi connectivity index (χ1v) is 6.82. The normalized spacial score (nSPS) is 16.9. The molecule has 1 unspecified atom stereocenters. The number of fused-ring (bicyclic) bond motifs is 1. The molecule has 0 bridgehead atoms. The maximum absolute atomic E-state index is 13.2. The zero-order valence-corrected chi connectivity index (χ0v) is 11.6. The third-order valence-corrected chi connectivity index (χ3v) is 3.98. The van der Waals surface area contributed by atoms with E-state index in [4.69, 9.17) is 17.3 Å². The second kappa shape index (κ2) is 5.47. The third kappa shape index (κ3) is 2.42. The van der Waals surface area contributed by atoms with E-state index >= 15 is 0 Å². The molecule has 0 fully saturated rings. The van der Waals surface area contributed by atoms with Crippen molar-refractivity contribution in [2.75, 3.05) is 13.1 Å². The molecule has 0 saturated carbocycles. The molecular formula is C13H15ClFN5. The Labute approximate surface area is 121 Å². The van der Waals surface area contributed by atoms with Crippen LogP contribution < -0.4 is 5.73 Å². The predicted octanol–water partition coefficient (Wildman–Crippen LogP) is 1.59. The zero-order valence-electron chi connectivity index (χ0n) is 10.8. The number of nitrogens with two attached hydrogens (primary N) is 1. The third-order valence-electron chi connectivity index (χ3n) is 3.65. The molecule has 3 rings (SSSR count). The summed E-state index contributed by atoms with van der Waals surface area (Å²) in [5.74, 6) is 0.570. The Bertz CT molecular complexity index is 615. The van der Waals surface area contributed by atoms with Gasteiger partial charge in [0.1, 0.15) is 18.0 Å². The van der Waals surface area contributed by atoms with E-state index in [0.29, 0.717) is 18.1 Å². The van der Waals surface area contributed by atoms with Crippen LogP contribution >= 0.6 is 11.6 Å². The summed E-state index contributed by atoms with van der Waals surface area (Å²) in [6.07, 6.45) is 1.73. The maximum Gasteiger partial charge on any atom is 0.147 e. The van der Waals surface area contributed by atoms with Gasteiger partial charge in [-0.25, -0.2) is 4.39 Å². The van der Waals surface area contributed by atoms with Gasteiger partial charge in [-0.05, 0) is 17.7 Å². The average Bonchev–Trinajstić information content (AvgIpc) is 2.89. The van der Waals surface area contributed by atoms with E-state index < -0.39 is 0 Å². The number of rotatable bonds is 3. The monoisotopic (exact) mass is 295 g/mol. The molecule has 2 N–H and O–H groups in total. The molecule has 0 amide bonds. The molecule has 1 aliphatic heterocycles. The number of benzene rings is 1. The topological polar surface area (TPSA) is 60.0 Å². The van der Waals surface area contributed by atoms with Crippen LogP contribution in [0.1, 0.15) is 17.4 Å². The lowest BCUT2D eigenvalue weighted by Crippen LogP contribution is -2.39. The first kappa shape index (κ1) is 13.5. The van der Waals surface area contributed by atoms with Crippen LogP contribution in [0.4, 0.5) is 4.39 Å². The molecule has 1 aromatic heterocycles. The molecule has 7 heteroatoms. The minimum absolute atomic E-state index is 0.0476. The molecule has 2 aromatic rings. The SMILES string of the molecule is NCC(c1ccc(F)cc1Cl)N1CCn2cnnc2C1. The van der Waals surface area contributed by atoms with Gasteiger partial charge in [0.15, 0.2) is 0 Å². The molecule has 1 aliphatic rings. The van der Waals surface area contributed by atoms with Gasteiger partial charge in [0.05, 0.1) is 6.54 Å². The molecule has 106 valence electrons. The number of hydrogen-bond donors (Lipinski definition) is 1. The summed E-state index contributed by atoms with van der Waals surface area (Å²) in [4.78, 5) is 2.20. The molecular weight excluding hydrogens is 281 g/mol. The van der Waals surface area contributed by atoms with Crippen molar-refractivity contribution in [2.45, 2.75) is 19.1 Å². The first-order valence-electron chi connectivity index (χ1n) is 6.45. The summed E-state index contributed by atoms with van der Waals surface area (Å²) in [6.45, 7) is 2.73. The molecule has 1 aromatic carbocycles. The van der Waals surface area contributed by atoms with Crippen LogP contribution in [0.15, 0.2) is 24.5 Å². The van der Waals surface area contributed by atoms with Crippen LogP contribution in [0.3, 0.4) is 0 Å². The van der Waals surface area contributed by atoms with Crippen LogP contribution in [-0.2, 0) is 13.1 Å². The highest BCUT2D eigenvalue weighted by Crippen LogP contribution is 2.29. The van der Waals surface area contributed by atoms with E-state index in [1.54, 1.807) is 12.4 Å². The Kier molecular flexibility index (Phi) is 3.69. The van der Waals surface area contributed by atoms with E-state index in [2.05, 4.69) is 15.1 Å². The van der Waals surface area contributed by atoms with Crippen molar-refractivity contribution >= 4 is 11.6 Å². The molecule has 1 atom stereocenters. The lowest BCUT2D eigenvalue weighted by atomic mass is 10.0. The van der Waals surface area contributed by atoms with E-state index in [0.717, 1.165) is 24.5 Å². The highest BCUT2D eigenvalue weighted by atomic mass is 35.5. The highest BCUT2D eigenvalue weighted by molar-refractivity contribution is 6.31. The minimum atomic E-state index is -0.340. The van der Waals surface area contributed by atoms with Crippen LogP contribution in [0, 0.1) is 5.82 Å². The summed E-state index contributed by atoms with van der Waals surface area (Å²) in [5, 5.41) is 8.41. The Hall–Kier alpha value is -1.50. The Balaban J connectivity index is 1.87. The van der Waals surface area contributed by atoms with E-state index in [-0.39, 0.29) is 11.9 Å². The van der Waals surface area contributed by atoms with Gasteiger partial charge < -0.3 is 10.3 Å². The Morgan fingerprint density at radius 2 is 2.25 bits per heavy atom. The predicted molar refractivity (Wildman–Crippen MR) is 73.6 cm³/mol. The molecule has 0 aliphatic carbocycles. The van der Waals surface area contributed by atoms with Gasteiger partial charge in [-0.1, -0.05) is 17.7 Å². The van der Waals surface area contributed by atoms with Crippen molar-refractivity contribution in [1.82, 2.24) is 19.7 Å². The fraction of sp³-hybridized carbons (Fsp3) is 0.385. The van der Waals surface area contributed by atoms with Gasteiger partial charge in [-0.2, -0.15) is 0 Å². The van der Waals surface area contributed by atoms with Crippen molar-refractivity contribution in [2.24, 2.45) is 5.73 Å². The first-order chi connectivity index (χ1) is 9.69. The lowest BCUT2D eigenvalue weighted by molar-refractivity contribution is 0.156. The van der Waals surface area contributed by atoms with Gasteiger partial charge in [0, 0.05) is 30.7 Å². The molecule has 0 spiro atoms. The molecule has 20 heavy (non-hydrogen) atoms. The van der Waals surface area contributed by atoms with Gasteiger partial charge in [0.2, 0.25) is 0 Å². The molecule has 0 radical (unpaired) electrons. The van der Waals surface area contributed by atoms with Gasteiger partial charge in [0.25, 0.3) is 0 Å². The number of hydrogen-bond acceptors (Lipinski definition) is 4. The van der Waals surface area contributed by atoms with Crippen LogP contribution in [-0.4, -0.2) is 32.8 Å². The van der Waals surface area contributed by atoms with Crippen molar-refractivity contribution in [1.29, 1.82) is 0 Å². The van der Waals surface area contributed by atoms with Gasteiger partial charge in [-0.3, -0.25) is 4.90 Å². The zero-order chi connectivity index (χ0) is 14.1. The van der Waals surface area contributed by atoms with E-state index in [9.17, 15) is 4.39 Å². The van der Waals surface area contributed by atoms with Gasteiger partial charge >= 0.3 is 0 Å². The summed E-state index contributed by atoms with van der Waals surface area (Å²) >= 11 is 6.15. The fourth-order valence-electron chi connectivity index (χ4n) is 2.60. The Morgan fingerprint density at radius 3 is 3.00 bits per heavy atom. The fourth-order valence-corrected chi connectivity index (χ4v) is 2.89. The quantitative estimate of drug-likeness (QED) is 0.934. The summed E-state index contributed by atoms with van der Waals surface area (Å²) in [5.41, 5.74) is 6.75. The maximum atomic E-state index is 13.2.